The third-order valence-corrected chi connectivity index (χ3v) is 7.69. The summed E-state index contributed by atoms with van der Waals surface area (Å²) in [7, 11) is -0.505. The van der Waals surface area contributed by atoms with Gasteiger partial charge in [-0.05, 0) is 19.6 Å². The summed E-state index contributed by atoms with van der Waals surface area (Å²) in [5, 5.41) is 0. The van der Waals surface area contributed by atoms with Crippen LogP contribution in [0.25, 0.3) is 0 Å². The third-order valence-electron chi connectivity index (χ3n) is 1.64. The molecule has 0 aliphatic rings. The molecule has 0 radical (unpaired) electrons. The smallest absolute Gasteiger partial charge is 0.416 e. The Morgan fingerprint density at radius 2 is 1.46 bits per heavy atom. The molecular formula is C8H22O3Si2. The highest BCUT2D eigenvalue weighted by molar-refractivity contribution is 6.79. The van der Waals surface area contributed by atoms with Crippen molar-refractivity contribution in [2.24, 2.45) is 0 Å². The van der Waals surface area contributed by atoms with Crippen molar-refractivity contribution in [3.8, 4) is 0 Å². The summed E-state index contributed by atoms with van der Waals surface area (Å²) in [6, 6.07) is 0.907. The second-order valence-electron chi connectivity index (χ2n) is 4.06. The van der Waals surface area contributed by atoms with Crippen molar-refractivity contribution in [2.75, 3.05) is 14.2 Å². The van der Waals surface area contributed by atoms with Crippen LogP contribution in [0.5, 0.6) is 0 Å². The van der Waals surface area contributed by atoms with Crippen LogP contribution in [0.1, 0.15) is 13.3 Å². The molecule has 13 heavy (non-hydrogen) atoms. The molecule has 80 valence electrons. The Hall–Kier alpha value is 0.314. The van der Waals surface area contributed by atoms with Crippen LogP contribution in [0, 0.1) is 0 Å². The predicted molar refractivity (Wildman–Crippen MR) is 59.3 cm³/mol. The van der Waals surface area contributed by atoms with E-state index >= 15 is 0 Å². The lowest BCUT2D eigenvalue weighted by atomic mass is 10.6. The van der Waals surface area contributed by atoms with Gasteiger partial charge in [0.2, 0.25) is 0 Å². The van der Waals surface area contributed by atoms with Crippen molar-refractivity contribution >= 4 is 17.1 Å². The van der Waals surface area contributed by atoms with Crippen molar-refractivity contribution in [2.45, 2.75) is 39.0 Å². The van der Waals surface area contributed by atoms with E-state index in [0.29, 0.717) is 0 Å². The van der Waals surface area contributed by atoms with Gasteiger partial charge in [0.1, 0.15) is 0 Å². The molecule has 0 aliphatic heterocycles. The van der Waals surface area contributed by atoms with Gasteiger partial charge >= 0.3 is 8.80 Å². The molecule has 3 nitrogen and oxygen atoms in total. The monoisotopic (exact) mass is 222 g/mol. The van der Waals surface area contributed by atoms with Crippen LogP contribution in [-0.4, -0.2) is 31.3 Å². The van der Waals surface area contributed by atoms with E-state index in [4.69, 9.17) is 13.0 Å². The fraction of sp³-hybridized carbons (Fsp3) is 1.00. The van der Waals surface area contributed by atoms with Gasteiger partial charge in [0.15, 0.2) is 8.32 Å². The lowest BCUT2D eigenvalue weighted by molar-refractivity contribution is 0.158. The van der Waals surface area contributed by atoms with Crippen LogP contribution in [0.2, 0.25) is 25.7 Å². The van der Waals surface area contributed by atoms with Crippen molar-refractivity contribution in [1.82, 2.24) is 0 Å². The first-order valence-electron chi connectivity index (χ1n) is 4.69. The van der Waals surface area contributed by atoms with Gasteiger partial charge in [-0.2, -0.15) is 0 Å². The fourth-order valence-corrected chi connectivity index (χ4v) is 7.19. The minimum atomic E-state index is -2.32. The van der Waals surface area contributed by atoms with Crippen molar-refractivity contribution in [3.05, 3.63) is 0 Å². The molecule has 0 saturated heterocycles. The van der Waals surface area contributed by atoms with Gasteiger partial charge in [0, 0.05) is 20.3 Å². The highest BCUT2D eigenvalue weighted by atomic mass is 28.5. The van der Waals surface area contributed by atoms with Crippen LogP contribution in [0.4, 0.5) is 0 Å². The molecule has 0 aromatic rings. The molecule has 0 heterocycles. The highest BCUT2D eigenvalue weighted by Crippen LogP contribution is 2.21. The minimum absolute atomic E-state index is 0.907. The number of hydrogen-bond acceptors (Lipinski definition) is 3. The lowest BCUT2D eigenvalue weighted by Crippen LogP contribution is -2.50. The van der Waals surface area contributed by atoms with E-state index in [1.165, 1.54) is 0 Å². The average molecular weight is 222 g/mol. The van der Waals surface area contributed by atoms with Gasteiger partial charge in [0.05, 0.1) is 0 Å². The molecule has 0 aliphatic carbocycles. The molecule has 0 aromatic carbocycles. The van der Waals surface area contributed by atoms with E-state index in [9.17, 15) is 0 Å². The fourth-order valence-electron chi connectivity index (χ4n) is 1.19. The maximum absolute atomic E-state index is 6.00. The first-order chi connectivity index (χ1) is 5.89. The van der Waals surface area contributed by atoms with E-state index in [1.54, 1.807) is 14.2 Å². The maximum Gasteiger partial charge on any atom is 0.489 e. The summed E-state index contributed by atoms with van der Waals surface area (Å²) in [4.78, 5) is 0. The summed E-state index contributed by atoms with van der Waals surface area (Å²) in [5.74, 6) is 0. The van der Waals surface area contributed by atoms with Gasteiger partial charge in [-0.25, -0.2) is 0 Å². The predicted octanol–water partition coefficient (Wildman–Crippen LogP) is 2.48. The van der Waals surface area contributed by atoms with Crippen molar-refractivity contribution in [3.63, 3.8) is 0 Å². The first kappa shape index (κ1) is 13.3. The number of rotatable bonds is 6. The SMILES string of the molecule is CCC[Si](OC)(OC)O[Si](C)(C)C. The van der Waals surface area contributed by atoms with E-state index in [-0.39, 0.29) is 0 Å². The normalized spacial score (nSPS) is 13.4. The molecule has 0 amide bonds. The largest absolute Gasteiger partial charge is 0.489 e. The van der Waals surface area contributed by atoms with Gasteiger partial charge in [-0.15, -0.1) is 0 Å². The average Bonchev–Trinajstić information content (AvgIpc) is 2.01. The molecule has 0 rings (SSSR count). The van der Waals surface area contributed by atoms with E-state index in [2.05, 4.69) is 26.6 Å². The molecule has 0 N–H and O–H groups in total. The van der Waals surface area contributed by atoms with Crippen LogP contribution in [0.15, 0.2) is 0 Å². The molecule has 0 fully saturated rings. The quantitative estimate of drug-likeness (QED) is 0.646. The zero-order chi connectivity index (χ0) is 10.5. The van der Waals surface area contributed by atoms with Crippen LogP contribution < -0.4 is 0 Å². The van der Waals surface area contributed by atoms with E-state index in [0.717, 1.165) is 12.5 Å². The van der Waals surface area contributed by atoms with Crippen molar-refractivity contribution < 1.29 is 13.0 Å². The standard InChI is InChI=1S/C8H22O3Si2/c1-7-8-13(9-2,10-3)11-12(4,5)6/h7-8H2,1-6H3. The Morgan fingerprint density at radius 1 is 1.00 bits per heavy atom. The third kappa shape index (κ3) is 4.92. The summed E-state index contributed by atoms with van der Waals surface area (Å²) >= 11 is 0. The summed E-state index contributed by atoms with van der Waals surface area (Å²) in [6.07, 6.45) is 1.04. The first-order valence-corrected chi connectivity index (χ1v) is 10.0. The minimum Gasteiger partial charge on any atom is -0.416 e. The summed E-state index contributed by atoms with van der Waals surface area (Å²) < 4.78 is 16.9. The van der Waals surface area contributed by atoms with Gasteiger partial charge in [-0.1, -0.05) is 13.3 Å². The summed E-state index contributed by atoms with van der Waals surface area (Å²) in [5.41, 5.74) is 0. The molecule has 0 aromatic heterocycles. The lowest BCUT2D eigenvalue weighted by Gasteiger charge is -2.32. The second-order valence-corrected chi connectivity index (χ2v) is 11.8. The second kappa shape index (κ2) is 5.26. The number of hydrogen-bond donors (Lipinski definition) is 0. The van der Waals surface area contributed by atoms with Crippen LogP contribution >= 0.6 is 0 Å². The summed E-state index contributed by atoms with van der Waals surface area (Å²) in [6.45, 7) is 8.58. The zero-order valence-electron chi connectivity index (χ0n) is 9.64. The van der Waals surface area contributed by atoms with Crippen LogP contribution in [0.3, 0.4) is 0 Å². The molecule has 0 unspecified atom stereocenters. The van der Waals surface area contributed by atoms with Crippen LogP contribution in [-0.2, 0) is 13.0 Å². The highest BCUT2D eigenvalue weighted by Gasteiger charge is 2.41. The maximum atomic E-state index is 6.00. The Kier molecular flexibility index (Phi) is 5.38. The van der Waals surface area contributed by atoms with Gasteiger partial charge in [-0.3, -0.25) is 0 Å². The van der Waals surface area contributed by atoms with Gasteiger partial charge < -0.3 is 13.0 Å². The zero-order valence-corrected chi connectivity index (χ0v) is 11.6. The molecule has 0 bridgehead atoms. The Balaban J connectivity index is 4.38. The van der Waals surface area contributed by atoms with Crippen molar-refractivity contribution in [1.29, 1.82) is 0 Å². The Bertz CT molecular complexity index is 141. The Morgan fingerprint density at radius 3 is 1.69 bits per heavy atom. The molecular weight excluding hydrogens is 200 g/mol. The van der Waals surface area contributed by atoms with E-state index in [1.807, 2.05) is 0 Å². The molecule has 5 heteroatoms. The van der Waals surface area contributed by atoms with Gasteiger partial charge in [0.25, 0.3) is 0 Å². The van der Waals surface area contributed by atoms with E-state index < -0.39 is 17.1 Å². The molecule has 0 saturated carbocycles. The molecule has 0 spiro atoms. The molecule has 0 atom stereocenters. The topological polar surface area (TPSA) is 27.7 Å². The Labute approximate surface area is 83.9 Å².